The van der Waals surface area contributed by atoms with Gasteiger partial charge in [0, 0.05) is 32.4 Å². The van der Waals surface area contributed by atoms with Gasteiger partial charge in [0.2, 0.25) is 5.91 Å². The van der Waals surface area contributed by atoms with Crippen molar-refractivity contribution in [2.24, 2.45) is 5.92 Å². The van der Waals surface area contributed by atoms with Crippen LogP contribution in [0.1, 0.15) is 6.92 Å². The largest absolute Gasteiger partial charge is 0.371 e. The normalized spacial score (nSPS) is 12.2. The smallest absolute Gasteiger partial charge is 0.263 e. The van der Waals surface area contributed by atoms with Crippen LogP contribution in [0.3, 0.4) is 0 Å². The summed E-state index contributed by atoms with van der Waals surface area (Å²) in [6.07, 6.45) is 2.93. The molecular weight excluding hydrogens is 535 g/mol. The van der Waals surface area contributed by atoms with Crippen molar-refractivity contribution in [2.75, 3.05) is 24.1 Å². The van der Waals surface area contributed by atoms with E-state index in [1.54, 1.807) is 38.2 Å². The van der Waals surface area contributed by atoms with Crippen molar-refractivity contribution in [3.63, 3.8) is 0 Å². The number of rotatable bonds is 8. The van der Waals surface area contributed by atoms with Gasteiger partial charge in [-0.25, -0.2) is 22.8 Å². The number of carbonyl (C=O) groups excluding carboxylic acids is 1. The van der Waals surface area contributed by atoms with Crippen LogP contribution in [0, 0.1) is 11.7 Å². The highest BCUT2D eigenvalue weighted by molar-refractivity contribution is 7.92. The molecule has 4 aromatic rings. The van der Waals surface area contributed by atoms with E-state index in [4.69, 9.17) is 11.6 Å². The maximum Gasteiger partial charge on any atom is 0.263 e. The summed E-state index contributed by atoms with van der Waals surface area (Å²) < 4.78 is 43.3. The van der Waals surface area contributed by atoms with E-state index >= 15 is 0 Å². The lowest BCUT2D eigenvalue weighted by molar-refractivity contribution is -0.124. The third kappa shape index (κ3) is 5.46. The Hall–Kier alpha value is -4.03. The van der Waals surface area contributed by atoms with Crippen molar-refractivity contribution >= 4 is 49.9 Å². The second kappa shape index (κ2) is 10.8. The van der Waals surface area contributed by atoms with Gasteiger partial charge < -0.3 is 10.6 Å². The Morgan fingerprint density at radius 1 is 1.11 bits per heavy atom. The van der Waals surface area contributed by atoms with Crippen LogP contribution in [-0.4, -0.2) is 43.0 Å². The Morgan fingerprint density at radius 3 is 2.55 bits per heavy atom. The van der Waals surface area contributed by atoms with Crippen LogP contribution in [0.25, 0.3) is 22.0 Å². The minimum Gasteiger partial charge on any atom is -0.371 e. The third-order valence-electron chi connectivity index (χ3n) is 5.87. The third-order valence-corrected chi connectivity index (χ3v) is 7.72. The summed E-state index contributed by atoms with van der Waals surface area (Å²) in [4.78, 5) is 33.4. The van der Waals surface area contributed by atoms with Crippen molar-refractivity contribution in [1.29, 1.82) is 0 Å². The maximum atomic E-state index is 13.4. The molecule has 1 atom stereocenters. The fraction of sp³-hybridized carbons (Fsp3) is 0.200. The summed E-state index contributed by atoms with van der Waals surface area (Å²) in [5.74, 6) is -1.06. The lowest BCUT2D eigenvalue weighted by Crippen LogP contribution is -2.32. The van der Waals surface area contributed by atoms with Gasteiger partial charge in [-0.15, -0.1) is 0 Å². The number of benzene rings is 2. The second-order valence-electron chi connectivity index (χ2n) is 8.50. The van der Waals surface area contributed by atoms with Crippen LogP contribution in [-0.2, 0) is 21.4 Å². The Balaban J connectivity index is 1.73. The van der Waals surface area contributed by atoms with E-state index in [0.29, 0.717) is 22.0 Å². The van der Waals surface area contributed by atoms with Crippen molar-refractivity contribution in [2.45, 2.75) is 18.4 Å². The predicted octanol–water partition coefficient (Wildman–Crippen LogP) is 3.48. The van der Waals surface area contributed by atoms with E-state index in [1.807, 2.05) is 0 Å². The number of anilines is 2. The van der Waals surface area contributed by atoms with Gasteiger partial charge in [0.1, 0.15) is 16.5 Å². The molecule has 0 saturated carbocycles. The maximum absolute atomic E-state index is 13.4. The van der Waals surface area contributed by atoms with Crippen molar-refractivity contribution in [3.8, 4) is 11.1 Å². The van der Waals surface area contributed by atoms with Crippen LogP contribution in [0.5, 0.6) is 0 Å². The number of sulfonamides is 1. The minimum atomic E-state index is -4.18. The molecule has 3 N–H and O–H groups in total. The minimum absolute atomic E-state index is 0.119. The average molecular weight is 559 g/mol. The highest BCUT2D eigenvalue weighted by Gasteiger charge is 2.21. The van der Waals surface area contributed by atoms with Crippen molar-refractivity contribution in [3.05, 3.63) is 76.2 Å². The fourth-order valence-electron chi connectivity index (χ4n) is 3.89. The van der Waals surface area contributed by atoms with Crippen LogP contribution >= 0.6 is 11.6 Å². The van der Waals surface area contributed by atoms with E-state index in [-0.39, 0.29) is 39.4 Å². The predicted molar refractivity (Wildman–Crippen MR) is 144 cm³/mol. The molecule has 0 bridgehead atoms. The molecule has 13 heteroatoms. The molecule has 0 aliphatic rings. The molecule has 0 saturated heterocycles. The Morgan fingerprint density at radius 2 is 1.87 bits per heavy atom. The molecule has 38 heavy (non-hydrogen) atoms. The number of aromatic nitrogens is 3. The zero-order chi connectivity index (χ0) is 27.6. The molecule has 1 unspecified atom stereocenters. The van der Waals surface area contributed by atoms with Gasteiger partial charge in [0.25, 0.3) is 15.6 Å². The van der Waals surface area contributed by atoms with Gasteiger partial charge in [-0.2, -0.15) is 0 Å². The number of carbonyl (C=O) groups is 1. The number of nitrogens with one attached hydrogen (secondary N) is 3. The van der Waals surface area contributed by atoms with Crippen molar-refractivity contribution < 1.29 is 17.6 Å². The topological polar surface area (TPSA) is 135 Å². The first-order valence-corrected chi connectivity index (χ1v) is 13.3. The summed E-state index contributed by atoms with van der Waals surface area (Å²) in [6.45, 7) is 1.87. The van der Waals surface area contributed by atoms with Gasteiger partial charge in [-0.3, -0.25) is 18.9 Å². The summed E-state index contributed by atoms with van der Waals surface area (Å²) >= 11 is 5.97. The molecule has 4 rings (SSSR count). The summed E-state index contributed by atoms with van der Waals surface area (Å²) in [6, 6.07) is 9.58. The monoisotopic (exact) mass is 558 g/mol. The SMILES string of the molecule is CNC(=O)C(C)Cn1cnc2ccc(-c3cnc(NC)c(NS(=O)(=O)c4ccc(F)cc4Cl)c3)cc2c1=O. The second-order valence-corrected chi connectivity index (χ2v) is 10.6. The fourth-order valence-corrected chi connectivity index (χ4v) is 5.48. The number of fused-ring (bicyclic) bond motifs is 1. The van der Waals surface area contributed by atoms with E-state index < -0.39 is 21.8 Å². The molecule has 0 fully saturated rings. The average Bonchev–Trinajstić information content (AvgIpc) is 2.89. The lowest BCUT2D eigenvalue weighted by atomic mass is 10.0. The Bertz CT molecular complexity index is 1710. The molecule has 10 nitrogen and oxygen atoms in total. The number of halogens is 2. The highest BCUT2D eigenvalue weighted by atomic mass is 35.5. The Labute approximate surface area is 222 Å². The number of nitrogens with zero attached hydrogens (tertiary/aromatic N) is 3. The molecule has 2 aromatic heterocycles. The van der Waals surface area contributed by atoms with Crippen LogP contribution < -0.4 is 20.9 Å². The molecule has 2 heterocycles. The van der Waals surface area contributed by atoms with Gasteiger partial charge in [0.15, 0.2) is 0 Å². The Kier molecular flexibility index (Phi) is 7.65. The molecule has 198 valence electrons. The number of amides is 1. The van der Waals surface area contributed by atoms with Gasteiger partial charge >= 0.3 is 0 Å². The van der Waals surface area contributed by atoms with Crippen molar-refractivity contribution in [1.82, 2.24) is 19.9 Å². The van der Waals surface area contributed by atoms with E-state index in [0.717, 1.165) is 18.2 Å². The first-order valence-electron chi connectivity index (χ1n) is 11.4. The molecule has 0 aliphatic carbocycles. The highest BCUT2D eigenvalue weighted by Crippen LogP contribution is 2.31. The first-order chi connectivity index (χ1) is 18.0. The summed E-state index contributed by atoms with van der Waals surface area (Å²) in [5, 5.41) is 5.44. The zero-order valence-corrected chi connectivity index (χ0v) is 22.2. The van der Waals surface area contributed by atoms with E-state index in [1.165, 1.54) is 24.1 Å². The van der Waals surface area contributed by atoms with E-state index in [2.05, 4.69) is 25.3 Å². The molecule has 2 aromatic carbocycles. The first kappa shape index (κ1) is 27.0. The number of hydrogen-bond donors (Lipinski definition) is 3. The van der Waals surface area contributed by atoms with Gasteiger partial charge in [-0.05, 0) is 42.0 Å². The number of pyridine rings is 1. The lowest BCUT2D eigenvalue weighted by Gasteiger charge is -2.15. The molecule has 0 radical (unpaired) electrons. The quantitative estimate of drug-likeness (QED) is 0.301. The summed E-state index contributed by atoms with van der Waals surface area (Å²) in [7, 11) is -1.08. The molecule has 1 amide bonds. The standard InChI is InChI=1S/C25H24ClFN6O4S/c1-14(24(34)29-3)12-33-13-31-20-6-4-15(8-18(20)25(33)35)16-9-21(23(28-2)30-11-16)32-38(36,37)22-7-5-17(27)10-19(22)26/h4-11,13-14,32H,12H2,1-3H3,(H,28,30)(H,29,34). The summed E-state index contributed by atoms with van der Waals surface area (Å²) in [5.41, 5.74) is 1.37. The van der Waals surface area contributed by atoms with Gasteiger partial charge in [-0.1, -0.05) is 24.6 Å². The van der Waals surface area contributed by atoms with Crippen LogP contribution in [0.4, 0.5) is 15.9 Å². The molecule has 0 spiro atoms. The number of hydrogen-bond acceptors (Lipinski definition) is 7. The molecular formula is C25H24ClFN6O4S. The zero-order valence-electron chi connectivity index (χ0n) is 20.6. The van der Waals surface area contributed by atoms with Crippen LogP contribution in [0.2, 0.25) is 5.02 Å². The van der Waals surface area contributed by atoms with Crippen LogP contribution in [0.15, 0.2) is 64.7 Å². The van der Waals surface area contributed by atoms with Gasteiger partial charge in [0.05, 0.1) is 33.9 Å². The van der Waals surface area contributed by atoms with E-state index in [9.17, 15) is 22.4 Å². The molecule has 0 aliphatic heterocycles.